The first-order valence-corrected chi connectivity index (χ1v) is 5.30. The first-order valence-electron chi connectivity index (χ1n) is 4.25. The predicted octanol–water partition coefficient (Wildman–Crippen LogP) is 2.06. The molecule has 1 nitrogen and oxygen atoms in total. The van der Waals surface area contributed by atoms with Crippen LogP contribution in [-0.4, -0.2) is 18.8 Å². The van der Waals surface area contributed by atoms with Gasteiger partial charge in [0.1, 0.15) is 0 Å². The van der Waals surface area contributed by atoms with E-state index in [9.17, 15) is 0 Å². The van der Waals surface area contributed by atoms with E-state index in [0.717, 1.165) is 0 Å². The van der Waals surface area contributed by atoms with Crippen LogP contribution in [0.25, 0.3) is 0 Å². The Labute approximate surface area is 77.6 Å². The lowest BCUT2D eigenvalue weighted by Gasteiger charge is -2.36. The minimum atomic E-state index is 0.677. The average Bonchev–Trinajstić information content (AvgIpc) is 2.05. The van der Waals surface area contributed by atoms with Crippen LogP contribution in [0.4, 0.5) is 0 Å². The molecule has 0 spiro atoms. The van der Waals surface area contributed by atoms with Crippen molar-refractivity contribution in [3.63, 3.8) is 0 Å². The molecule has 2 heteroatoms. The maximum atomic E-state index is 3.33. The molecule has 0 radical (unpaired) electrons. The monoisotopic (exact) mass is 179 g/mol. The van der Waals surface area contributed by atoms with Crippen molar-refractivity contribution in [3.8, 4) is 0 Å². The van der Waals surface area contributed by atoms with Crippen LogP contribution in [0.3, 0.4) is 0 Å². The average molecular weight is 179 g/mol. The molecule has 1 aliphatic rings. The molecule has 2 atom stereocenters. The largest absolute Gasteiger partial charge is 0.315 e. The van der Waals surface area contributed by atoms with Gasteiger partial charge >= 0.3 is 0 Å². The fourth-order valence-electron chi connectivity index (χ4n) is 1.49. The fourth-order valence-corrected chi connectivity index (χ4v) is 2.72. The summed E-state index contributed by atoms with van der Waals surface area (Å²) in [4.78, 5) is 0. The van der Waals surface area contributed by atoms with Crippen LogP contribution in [0, 0.1) is 0 Å². The molecule has 64 valence electrons. The lowest BCUT2D eigenvalue weighted by Crippen LogP contribution is -2.40. The van der Waals surface area contributed by atoms with E-state index in [4.69, 9.17) is 0 Å². The number of rotatable bonds is 2. The second kappa shape index (κ2) is 3.50. The molecular weight excluding hydrogens is 166 g/mol. The van der Waals surface area contributed by atoms with Crippen LogP contribution in [-0.2, 0) is 0 Å². The van der Waals surface area contributed by atoms with Crippen LogP contribution in [0.1, 0.15) is 10.8 Å². The third-order valence-corrected chi connectivity index (χ3v) is 3.83. The quantitative estimate of drug-likeness (QED) is 0.746. The van der Waals surface area contributed by atoms with Crippen LogP contribution in [0.5, 0.6) is 0 Å². The summed E-state index contributed by atoms with van der Waals surface area (Å²) >= 11 is 2.03. The maximum Gasteiger partial charge on any atom is 0.0459 e. The summed E-state index contributed by atoms with van der Waals surface area (Å²) in [5.41, 5.74) is 1.45. The zero-order chi connectivity index (χ0) is 8.39. The van der Waals surface area contributed by atoms with Gasteiger partial charge in [-0.1, -0.05) is 30.3 Å². The molecule has 0 saturated carbocycles. The van der Waals surface area contributed by atoms with Gasteiger partial charge in [-0.25, -0.2) is 0 Å². The molecular formula is C10H13NS. The molecule has 1 fully saturated rings. The van der Waals surface area contributed by atoms with Crippen LogP contribution in [0.2, 0.25) is 0 Å². The van der Waals surface area contributed by atoms with E-state index >= 15 is 0 Å². The molecule has 2 rings (SSSR count). The Hall–Kier alpha value is -0.470. The molecule has 1 aliphatic heterocycles. The van der Waals surface area contributed by atoms with Gasteiger partial charge in [-0.15, -0.1) is 0 Å². The Morgan fingerprint density at radius 2 is 2.08 bits per heavy atom. The van der Waals surface area contributed by atoms with Gasteiger partial charge in [0.05, 0.1) is 0 Å². The minimum Gasteiger partial charge on any atom is -0.315 e. The summed E-state index contributed by atoms with van der Waals surface area (Å²) in [6.07, 6.45) is 0. The zero-order valence-corrected chi connectivity index (χ0v) is 7.97. The molecule has 0 amide bonds. The standard InChI is InChI=1S/C10H13NS/c1-11-9-7-12-10(9)8-5-3-2-4-6-8/h2-6,9-11H,7H2,1H3. The van der Waals surface area contributed by atoms with Crippen molar-refractivity contribution in [2.24, 2.45) is 0 Å². The Morgan fingerprint density at radius 3 is 2.58 bits per heavy atom. The van der Waals surface area contributed by atoms with Crippen molar-refractivity contribution in [3.05, 3.63) is 35.9 Å². The molecule has 1 heterocycles. The Kier molecular flexibility index (Phi) is 2.38. The first kappa shape index (κ1) is 8.14. The first-order chi connectivity index (χ1) is 5.92. The van der Waals surface area contributed by atoms with Gasteiger partial charge in [0, 0.05) is 17.0 Å². The van der Waals surface area contributed by atoms with Crippen molar-refractivity contribution >= 4 is 11.8 Å². The van der Waals surface area contributed by atoms with E-state index in [1.54, 1.807) is 0 Å². The lowest BCUT2D eigenvalue weighted by atomic mass is 10.1. The minimum absolute atomic E-state index is 0.677. The SMILES string of the molecule is CNC1CSC1c1ccccc1. The summed E-state index contributed by atoms with van der Waals surface area (Å²) in [5, 5.41) is 4.01. The van der Waals surface area contributed by atoms with Gasteiger partial charge < -0.3 is 5.32 Å². The van der Waals surface area contributed by atoms with Crippen molar-refractivity contribution in [2.75, 3.05) is 12.8 Å². The summed E-state index contributed by atoms with van der Waals surface area (Å²) in [6.45, 7) is 0. The van der Waals surface area contributed by atoms with Crippen LogP contribution in [0.15, 0.2) is 30.3 Å². The highest BCUT2D eigenvalue weighted by molar-refractivity contribution is 8.01. The molecule has 1 saturated heterocycles. The van der Waals surface area contributed by atoms with Gasteiger partial charge in [0.15, 0.2) is 0 Å². The van der Waals surface area contributed by atoms with E-state index in [2.05, 4.69) is 35.6 Å². The molecule has 0 aliphatic carbocycles. The Bertz CT molecular complexity index is 245. The number of hydrogen-bond acceptors (Lipinski definition) is 2. The van der Waals surface area contributed by atoms with E-state index in [-0.39, 0.29) is 0 Å². The van der Waals surface area contributed by atoms with Gasteiger partial charge in [-0.2, -0.15) is 11.8 Å². The number of nitrogens with one attached hydrogen (secondary N) is 1. The van der Waals surface area contributed by atoms with Crippen LogP contribution < -0.4 is 5.32 Å². The smallest absolute Gasteiger partial charge is 0.0459 e. The third kappa shape index (κ3) is 1.37. The second-order valence-corrected chi connectivity index (χ2v) is 4.23. The molecule has 1 aromatic carbocycles. The highest BCUT2D eigenvalue weighted by Crippen LogP contribution is 2.42. The molecule has 0 aromatic heterocycles. The summed E-state index contributed by atoms with van der Waals surface area (Å²) in [7, 11) is 2.04. The second-order valence-electron chi connectivity index (χ2n) is 3.06. The summed E-state index contributed by atoms with van der Waals surface area (Å²) in [6, 6.07) is 11.4. The number of hydrogen-bond donors (Lipinski definition) is 1. The third-order valence-electron chi connectivity index (χ3n) is 2.32. The molecule has 1 N–H and O–H groups in total. The van der Waals surface area contributed by atoms with E-state index in [1.807, 2.05) is 18.8 Å². The van der Waals surface area contributed by atoms with E-state index in [1.165, 1.54) is 11.3 Å². The van der Waals surface area contributed by atoms with Gasteiger partial charge in [0.2, 0.25) is 0 Å². The fraction of sp³-hybridized carbons (Fsp3) is 0.400. The van der Waals surface area contributed by atoms with Gasteiger partial charge in [-0.3, -0.25) is 0 Å². The topological polar surface area (TPSA) is 12.0 Å². The van der Waals surface area contributed by atoms with Crippen molar-refractivity contribution < 1.29 is 0 Å². The summed E-state index contributed by atoms with van der Waals surface area (Å²) < 4.78 is 0. The zero-order valence-electron chi connectivity index (χ0n) is 7.16. The molecule has 2 unspecified atom stereocenters. The van der Waals surface area contributed by atoms with Crippen molar-refractivity contribution in [2.45, 2.75) is 11.3 Å². The van der Waals surface area contributed by atoms with Crippen molar-refractivity contribution in [1.29, 1.82) is 0 Å². The predicted molar refractivity (Wildman–Crippen MR) is 54.5 cm³/mol. The normalized spacial score (nSPS) is 28.1. The molecule has 0 bridgehead atoms. The Morgan fingerprint density at radius 1 is 1.33 bits per heavy atom. The highest BCUT2D eigenvalue weighted by atomic mass is 32.2. The van der Waals surface area contributed by atoms with E-state index in [0.29, 0.717) is 11.3 Å². The van der Waals surface area contributed by atoms with E-state index < -0.39 is 0 Å². The molecule has 1 aromatic rings. The lowest BCUT2D eigenvalue weighted by molar-refractivity contribution is 0.573. The Balaban J connectivity index is 2.11. The maximum absolute atomic E-state index is 3.33. The van der Waals surface area contributed by atoms with Gasteiger partial charge in [0.25, 0.3) is 0 Å². The summed E-state index contributed by atoms with van der Waals surface area (Å²) in [5.74, 6) is 1.25. The number of benzene rings is 1. The highest BCUT2D eigenvalue weighted by Gasteiger charge is 2.31. The number of thioether (sulfide) groups is 1. The number of likely N-dealkylation sites (N-methyl/N-ethyl adjacent to an activating group) is 1. The van der Waals surface area contributed by atoms with Crippen LogP contribution >= 0.6 is 11.8 Å². The van der Waals surface area contributed by atoms with Crippen molar-refractivity contribution in [1.82, 2.24) is 5.32 Å². The van der Waals surface area contributed by atoms with Gasteiger partial charge in [-0.05, 0) is 12.6 Å². The molecule has 12 heavy (non-hydrogen) atoms.